The maximum atomic E-state index is 11.0. The normalized spacial score (nSPS) is 32.0. The Kier molecular flexibility index (Phi) is 2.50. The van der Waals surface area contributed by atoms with Gasteiger partial charge in [-0.3, -0.25) is 14.4 Å². The smallest absolute Gasteiger partial charge is 0.307 e. The first-order chi connectivity index (χ1) is 5.95. The van der Waals surface area contributed by atoms with E-state index >= 15 is 0 Å². The molecule has 0 spiro atoms. The Bertz CT molecular complexity index is 249. The van der Waals surface area contributed by atoms with E-state index in [1.807, 2.05) is 0 Å². The summed E-state index contributed by atoms with van der Waals surface area (Å²) in [6.07, 6.45) is 0.314. The van der Waals surface area contributed by atoms with E-state index < -0.39 is 17.8 Å². The minimum absolute atomic E-state index is 0.0855. The van der Waals surface area contributed by atoms with E-state index in [1.54, 1.807) is 0 Å². The molecule has 1 rings (SSSR count). The van der Waals surface area contributed by atoms with Crippen LogP contribution in [0.2, 0.25) is 0 Å². The summed E-state index contributed by atoms with van der Waals surface area (Å²) in [5.74, 6) is -2.85. The second kappa shape index (κ2) is 3.28. The molecule has 0 bridgehead atoms. The van der Waals surface area contributed by atoms with E-state index in [9.17, 15) is 14.4 Å². The molecule has 1 aliphatic rings. The summed E-state index contributed by atoms with van der Waals surface area (Å²) in [5.41, 5.74) is 0. The SMILES string of the molecule is CC(=O)C1CC(C(=O)O)C1C(C)=O. The number of carbonyl (C=O) groups excluding carboxylic acids is 2. The molecule has 4 nitrogen and oxygen atoms in total. The van der Waals surface area contributed by atoms with Gasteiger partial charge in [0.15, 0.2) is 0 Å². The van der Waals surface area contributed by atoms with Gasteiger partial charge in [-0.15, -0.1) is 0 Å². The molecule has 1 fully saturated rings. The highest BCUT2D eigenvalue weighted by Gasteiger charge is 2.49. The van der Waals surface area contributed by atoms with Crippen molar-refractivity contribution in [3.63, 3.8) is 0 Å². The Morgan fingerprint density at radius 3 is 1.92 bits per heavy atom. The zero-order chi connectivity index (χ0) is 10.2. The predicted molar refractivity (Wildman–Crippen MR) is 44.1 cm³/mol. The first-order valence-corrected chi connectivity index (χ1v) is 4.19. The molecule has 3 atom stereocenters. The van der Waals surface area contributed by atoms with Crippen LogP contribution in [0.5, 0.6) is 0 Å². The summed E-state index contributed by atoms with van der Waals surface area (Å²) < 4.78 is 0. The third-order valence-electron chi connectivity index (χ3n) is 2.68. The fourth-order valence-corrected chi connectivity index (χ4v) is 1.89. The zero-order valence-electron chi connectivity index (χ0n) is 7.61. The van der Waals surface area contributed by atoms with Gasteiger partial charge in [0.2, 0.25) is 0 Å². The van der Waals surface area contributed by atoms with Crippen molar-refractivity contribution in [2.45, 2.75) is 20.3 Å². The molecule has 72 valence electrons. The standard InChI is InChI=1S/C9H12O4/c1-4(10)6-3-7(9(12)13)8(6)5(2)11/h6-8H,3H2,1-2H3,(H,12,13). The van der Waals surface area contributed by atoms with Gasteiger partial charge in [0, 0.05) is 11.8 Å². The molecule has 4 heteroatoms. The van der Waals surface area contributed by atoms with Gasteiger partial charge >= 0.3 is 5.97 Å². The minimum Gasteiger partial charge on any atom is -0.481 e. The fraction of sp³-hybridized carbons (Fsp3) is 0.667. The maximum Gasteiger partial charge on any atom is 0.307 e. The van der Waals surface area contributed by atoms with Crippen LogP contribution in [0.1, 0.15) is 20.3 Å². The van der Waals surface area contributed by atoms with Gasteiger partial charge in [-0.05, 0) is 20.3 Å². The van der Waals surface area contributed by atoms with E-state index in [-0.39, 0.29) is 17.5 Å². The quantitative estimate of drug-likeness (QED) is 0.693. The van der Waals surface area contributed by atoms with Crippen LogP contribution in [-0.4, -0.2) is 22.6 Å². The van der Waals surface area contributed by atoms with E-state index in [4.69, 9.17) is 5.11 Å². The summed E-state index contributed by atoms with van der Waals surface area (Å²) in [7, 11) is 0. The van der Waals surface area contributed by atoms with Crippen molar-refractivity contribution in [2.24, 2.45) is 17.8 Å². The second-order valence-corrected chi connectivity index (χ2v) is 3.53. The molecule has 1 aliphatic carbocycles. The Morgan fingerprint density at radius 2 is 1.62 bits per heavy atom. The minimum atomic E-state index is -0.974. The molecule has 0 aromatic rings. The van der Waals surface area contributed by atoms with Gasteiger partial charge in [0.1, 0.15) is 11.6 Å². The average Bonchev–Trinajstić information content (AvgIpc) is 1.79. The van der Waals surface area contributed by atoms with Crippen LogP contribution in [0.15, 0.2) is 0 Å². The van der Waals surface area contributed by atoms with Crippen molar-refractivity contribution in [3.8, 4) is 0 Å². The van der Waals surface area contributed by atoms with E-state index in [0.29, 0.717) is 6.42 Å². The Morgan fingerprint density at radius 1 is 1.08 bits per heavy atom. The highest BCUT2D eigenvalue weighted by molar-refractivity contribution is 5.93. The number of hydrogen-bond acceptors (Lipinski definition) is 3. The number of hydrogen-bond donors (Lipinski definition) is 1. The molecule has 1 N–H and O–H groups in total. The number of carboxylic acids is 1. The topological polar surface area (TPSA) is 71.4 Å². The highest BCUT2D eigenvalue weighted by atomic mass is 16.4. The lowest BCUT2D eigenvalue weighted by atomic mass is 9.62. The predicted octanol–water partition coefficient (Wildman–Crippen LogP) is 0.501. The number of ketones is 2. The molecule has 0 amide bonds. The number of rotatable bonds is 3. The van der Waals surface area contributed by atoms with Gasteiger partial charge in [-0.25, -0.2) is 0 Å². The van der Waals surface area contributed by atoms with Gasteiger partial charge in [-0.2, -0.15) is 0 Å². The summed E-state index contributed by atoms with van der Waals surface area (Å²) in [6, 6.07) is 0. The van der Waals surface area contributed by atoms with E-state index in [0.717, 1.165) is 0 Å². The molecular weight excluding hydrogens is 172 g/mol. The van der Waals surface area contributed by atoms with Crippen molar-refractivity contribution >= 4 is 17.5 Å². The number of carbonyl (C=O) groups is 3. The molecule has 0 saturated heterocycles. The van der Waals surface area contributed by atoms with Gasteiger partial charge in [-0.1, -0.05) is 0 Å². The molecule has 0 heterocycles. The summed E-state index contributed by atoms with van der Waals surface area (Å²) in [5, 5.41) is 8.69. The van der Waals surface area contributed by atoms with Gasteiger partial charge < -0.3 is 5.11 Å². The van der Waals surface area contributed by atoms with Crippen molar-refractivity contribution in [1.29, 1.82) is 0 Å². The highest BCUT2D eigenvalue weighted by Crippen LogP contribution is 2.41. The van der Waals surface area contributed by atoms with E-state index in [2.05, 4.69) is 0 Å². The third-order valence-corrected chi connectivity index (χ3v) is 2.68. The first kappa shape index (κ1) is 9.89. The first-order valence-electron chi connectivity index (χ1n) is 4.19. The molecule has 13 heavy (non-hydrogen) atoms. The van der Waals surface area contributed by atoms with Crippen LogP contribution in [0.25, 0.3) is 0 Å². The molecule has 3 unspecified atom stereocenters. The third kappa shape index (κ3) is 1.61. The van der Waals surface area contributed by atoms with Crippen molar-refractivity contribution in [3.05, 3.63) is 0 Å². The lowest BCUT2D eigenvalue weighted by Crippen LogP contribution is -2.48. The molecule has 0 aromatic carbocycles. The van der Waals surface area contributed by atoms with Crippen LogP contribution >= 0.6 is 0 Å². The van der Waals surface area contributed by atoms with Crippen LogP contribution in [0.3, 0.4) is 0 Å². The van der Waals surface area contributed by atoms with E-state index in [1.165, 1.54) is 13.8 Å². The monoisotopic (exact) mass is 184 g/mol. The maximum absolute atomic E-state index is 11.0. The molecule has 0 aliphatic heterocycles. The summed E-state index contributed by atoms with van der Waals surface area (Å²) in [4.78, 5) is 32.6. The number of Topliss-reactive ketones (excluding diaryl/α,β-unsaturated/α-hetero) is 2. The summed E-state index contributed by atoms with van der Waals surface area (Å²) >= 11 is 0. The van der Waals surface area contributed by atoms with Crippen molar-refractivity contribution < 1.29 is 19.5 Å². The Hall–Kier alpha value is -1.19. The van der Waals surface area contributed by atoms with Crippen molar-refractivity contribution in [2.75, 3.05) is 0 Å². The summed E-state index contributed by atoms with van der Waals surface area (Å²) in [6.45, 7) is 2.74. The second-order valence-electron chi connectivity index (χ2n) is 3.53. The lowest BCUT2D eigenvalue weighted by molar-refractivity contribution is -0.158. The molecule has 1 saturated carbocycles. The Balaban J connectivity index is 2.74. The van der Waals surface area contributed by atoms with Gasteiger partial charge in [0.25, 0.3) is 0 Å². The van der Waals surface area contributed by atoms with Gasteiger partial charge in [0.05, 0.1) is 5.92 Å². The molecular formula is C9H12O4. The van der Waals surface area contributed by atoms with Crippen LogP contribution in [-0.2, 0) is 14.4 Å². The zero-order valence-corrected chi connectivity index (χ0v) is 7.61. The molecule has 0 radical (unpaired) electrons. The van der Waals surface area contributed by atoms with Crippen molar-refractivity contribution in [1.82, 2.24) is 0 Å². The fourth-order valence-electron chi connectivity index (χ4n) is 1.89. The average molecular weight is 184 g/mol. The van der Waals surface area contributed by atoms with Crippen LogP contribution < -0.4 is 0 Å². The number of aliphatic carboxylic acids is 1. The Labute approximate surface area is 75.9 Å². The van der Waals surface area contributed by atoms with Crippen LogP contribution in [0, 0.1) is 17.8 Å². The molecule has 0 aromatic heterocycles. The van der Waals surface area contributed by atoms with Crippen LogP contribution in [0.4, 0.5) is 0 Å². The number of carboxylic acid groups (broad SMARTS) is 1. The largest absolute Gasteiger partial charge is 0.481 e. The lowest BCUT2D eigenvalue weighted by Gasteiger charge is -2.38.